The van der Waals surface area contributed by atoms with Crippen molar-refractivity contribution < 1.29 is 9.59 Å². The molecular weight excluding hydrogens is 354 g/mol. The molecule has 1 saturated carbocycles. The summed E-state index contributed by atoms with van der Waals surface area (Å²) < 4.78 is 2.06. The third-order valence-electron chi connectivity index (χ3n) is 6.63. The molecule has 0 bridgehead atoms. The number of nitrogens with one attached hydrogen (secondary N) is 1. The molecule has 28 heavy (non-hydrogen) atoms. The van der Waals surface area contributed by atoms with Crippen LogP contribution in [0.2, 0.25) is 0 Å². The van der Waals surface area contributed by atoms with Crippen LogP contribution in [0.3, 0.4) is 0 Å². The van der Waals surface area contributed by atoms with Gasteiger partial charge in [0.15, 0.2) is 0 Å². The van der Waals surface area contributed by atoms with E-state index in [2.05, 4.69) is 31.6 Å². The molecule has 3 aliphatic rings. The molecule has 154 valence electrons. The Hall–Kier alpha value is -1.89. The molecule has 1 aromatic rings. The number of aryl methyl sites for hydroxylation is 1. The van der Waals surface area contributed by atoms with Gasteiger partial charge in [0, 0.05) is 44.3 Å². The zero-order valence-electron chi connectivity index (χ0n) is 17.0. The number of imidazole rings is 1. The first kappa shape index (κ1) is 19.4. The summed E-state index contributed by atoms with van der Waals surface area (Å²) in [5, 5.41) is 3.12. The Morgan fingerprint density at radius 1 is 1.11 bits per heavy atom. The predicted molar refractivity (Wildman–Crippen MR) is 106 cm³/mol. The standard InChI is InChI=1S/C21H33N5O2/c1-2-24-15-22-12-19(24)13-23-20(27)17-4-3-9-26(14-17)18-7-10-25(11-8-18)21(28)16-5-6-16/h12,15-18H,2-11,13-14H2,1H3,(H,23,27)/t17-/m1/s1. The lowest BCUT2D eigenvalue weighted by Crippen LogP contribution is -2.51. The molecule has 4 rings (SSSR count). The van der Waals surface area contributed by atoms with E-state index in [1.165, 1.54) is 0 Å². The van der Waals surface area contributed by atoms with Gasteiger partial charge in [0.05, 0.1) is 24.5 Å². The summed E-state index contributed by atoms with van der Waals surface area (Å²) >= 11 is 0. The lowest BCUT2D eigenvalue weighted by molar-refractivity contribution is -0.134. The number of hydrogen-bond donors (Lipinski definition) is 1. The molecular formula is C21H33N5O2. The van der Waals surface area contributed by atoms with Gasteiger partial charge in [-0.3, -0.25) is 14.5 Å². The van der Waals surface area contributed by atoms with Gasteiger partial charge in [-0.15, -0.1) is 0 Å². The fourth-order valence-electron chi connectivity index (χ4n) is 4.69. The number of piperidine rings is 2. The van der Waals surface area contributed by atoms with Gasteiger partial charge in [-0.1, -0.05) is 0 Å². The zero-order valence-corrected chi connectivity index (χ0v) is 17.0. The second-order valence-electron chi connectivity index (χ2n) is 8.55. The van der Waals surface area contributed by atoms with Crippen LogP contribution in [0, 0.1) is 11.8 Å². The lowest BCUT2D eigenvalue weighted by atomic mass is 9.93. The number of carbonyl (C=O) groups is 2. The summed E-state index contributed by atoms with van der Waals surface area (Å²) in [6, 6.07) is 0.514. The van der Waals surface area contributed by atoms with Gasteiger partial charge < -0.3 is 14.8 Å². The normalized spacial score (nSPS) is 24.3. The minimum absolute atomic E-state index is 0.0675. The lowest BCUT2D eigenvalue weighted by Gasteiger charge is -2.42. The van der Waals surface area contributed by atoms with E-state index >= 15 is 0 Å². The Balaban J connectivity index is 1.25. The van der Waals surface area contributed by atoms with Crippen molar-refractivity contribution in [2.75, 3.05) is 26.2 Å². The topological polar surface area (TPSA) is 70.5 Å². The Kier molecular flexibility index (Phi) is 5.99. The summed E-state index contributed by atoms with van der Waals surface area (Å²) in [6.07, 6.45) is 9.94. The predicted octanol–water partition coefficient (Wildman–Crippen LogP) is 1.63. The number of likely N-dealkylation sites (tertiary alicyclic amines) is 2. The van der Waals surface area contributed by atoms with Gasteiger partial charge in [0.1, 0.15) is 0 Å². The number of amides is 2. The first-order valence-electron chi connectivity index (χ1n) is 10.9. The van der Waals surface area contributed by atoms with E-state index in [1.54, 1.807) is 0 Å². The second kappa shape index (κ2) is 8.64. The molecule has 7 heteroatoms. The number of hydrogen-bond acceptors (Lipinski definition) is 4. The van der Waals surface area contributed by atoms with E-state index in [9.17, 15) is 9.59 Å². The molecule has 0 radical (unpaired) electrons. The minimum Gasteiger partial charge on any atom is -0.350 e. The average molecular weight is 388 g/mol. The van der Waals surface area contributed by atoms with Crippen molar-refractivity contribution in [3.63, 3.8) is 0 Å². The van der Waals surface area contributed by atoms with Gasteiger partial charge in [-0.05, 0) is 52.0 Å². The second-order valence-corrected chi connectivity index (χ2v) is 8.55. The molecule has 3 heterocycles. The van der Waals surface area contributed by atoms with Crippen molar-refractivity contribution in [3.05, 3.63) is 18.2 Å². The quantitative estimate of drug-likeness (QED) is 0.805. The van der Waals surface area contributed by atoms with E-state index in [1.807, 2.05) is 12.5 Å². The SMILES string of the molecule is CCn1cncc1CNC(=O)[C@@H]1CCCN(C2CCN(C(=O)C3CC3)CC2)C1. The summed E-state index contributed by atoms with van der Waals surface area (Å²) in [4.78, 5) is 33.7. The van der Waals surface area contributed by atoms with Gasteiger partial charge in [-0.25, -0.2) is 4.98 Å². The van der Waals surface area contributed by atoms with Crippen molar-refractivity contribution in [1.29, 1.82) is 0 Å². The van der Waals surface area contributed by atoms with Crippen LogP contribution in [-0.2, 0) is 22.7 Å². The van der Waals surface area contributed by atoms with Crippen LogP contribution in [-0.4, -0.2) is 63.4 Å². The minimum atomic E-state index is 0.0675. The van der Waals surface area contributed by atoms with Crippen molar-refractivity contribution in [1.82, 2.24) is 24.7 Å². The molecule has 0 aromatic carbocycles. The van der Waals surface area contributed by atoms with Crippen LogP contribution >= 0.6 is 0 Å². The molecule has 0 spiro atoms. The highest BCUT2D eigenvalue weighted by molar-refractivity contribution is 5.81. The summed E-state index contributed by atoms with van der Waals surface area (Å²) in [6.45, 7) is 7.18. The first-order chi connectivity index (χ1) is 13.7. The molecule has 1 aromatic heterocycles. The molecule has 1 atom stereocenters. The number of rotatable bonds is 6. The Morgan fingerprint density at radius 2 is 1.89 bits per heavy atom. The van der Waals surface area contributed by atoms with E-state index in [0.29, 0.717) is 24.4 Å². The van der Waals surface area contributed by atoms with Crippen molar-refractivity contribution in [3.8, 4) is 0 Å². The fraction of sp³-hybridized carbons (Fsp3) is 0.762. The third-order valence-corrected chi connectivity index (χ3v) is 6.63. The Morgan fingerprint density at radius 3 is 2.61 bits per heavy atom. The summed E-state index contributed by atoms with van der Waals surface area (Å²) in [5.74, 6) is 0.928. The summed E-state index contributed by atoms with van der Waals surface area (Å²) in [7, 11) is 0. The van der Waals surface area contributed by atoms with Crippen molar-refractivity contribution >= 4 is 11.8 Å². The van der Waals surface area contributed by atoms with Gasteiger partial charge >= 0.3 is 0 Å². The number of nitrogens with zero attached hydrogens (tertiary/aromatic N) is 4. The zero-order chi connectivity index (χ0) is 19.5. The van der Waals surface area contributed by atoms with E-state index in [-0.39, 0.29) is 11.8 Å². The maximum Gasteiger partial charge on any atom is 0.225 e. The van der Waals surface area contributed by atoms with Crippen LogP contribution < -0.4 is 5.32 Å². The molecule has 7 nitrogen and oxygen atoms in total. The monoisotopic (exact) mass is 387 g/mol. The van der Waals surface area contributed by atoms with Gasteiger partial charge in [0.25, 0.3) is 0 Å². The van der Waals surface area contributed by atoms with Gasteiger partial charge in [-0.2, -0.15) is 0 Å². The molecule has 1 aliphatic carbocycles. The van der Waals surface area contributed by atoms with Gasteiger partial charge in [0.2, 0.25) is 11.8 Å². The molecule has 2 saturated heterocycles. The van der Waals surface area contributed by atoms with Crippen molar-refractivity contribution in [2.24, 2.45) is 11.8 Å². The Bertz CT molecular complexity index is 691. The average Bonchev–Trinajstić information content (AvgIpc) is 3.50. The van der Waals surface area contributed by atoms with Crippen LogP contribution in [0.1, 0.15) is 51.1 Å². The van der Waals surface area contributed by atoms with Crippen LogP contribution in [0.5, 0.6) is 0 Å². The molecule has 2 aliphatic heterocycles. The summed E-state index contributed by atoms with van der Waals surface area (Å²) in [5.41, 5.74) is 1.05. The number of carbonyl (C=O) groups excluding carboxylic acids is 2. The first-order valence-corrected chi connectivity index (χ1v) is 10.9. The van der Waals surface area contributed by atoms with Crippen LogP contribution in [0.15, 0.2) is 12.5 Å². The Labute approximate surface area is 167 Å². The highest BCUT2D eigenvalue weighted by atomic mass is 16.2. The fourth-order valence-corrected chi connectivity index (χ4v) is 4.69. The molecule has 2 amide bonds. The van der Waals surface area contributed by atoms with Crippen molar-refractivity contribution in [2.45, 2.75) is 64.6 Å². The number of aromatic nitrogens is 2. The smallest absolute Gasteiger partial charge is 0.225 e. The highest BCUT2D eigenvalue weighted by Crippen LogP contribution is 2.32. The third kappa shape index (κ3) is 4.40. The maximum absolute atomic E-state index is 12.7. The molecule has 3 fully saturated rings. The highest BCUT2D eigenvalue weighted by Gasteiger charge is 2.37. The van der Waals surface area contributed by atoms with E-state index < -0.39 is 0 Å². The molecule has 0 unspecified atom stereocenters. The van der Waals surface area contributed by atoms with E-state index in [0.717, 1.165) is 76.9 Å². The molecule has 1 N–H and O–H groups in total. The van der Waals surface area contributed by atoms with E-state index in [4.69, 9.17) is 0 Å². The van der Waals surface area contributed by atoms with Crippen LogP contribution in [0.25, 0.3) is 0 Å². The maximum atomic E-state index is 12.7. The van der Waals surface area contributed by atoms with Crippen LogP contribution in [0.4, 0.5) is 0 Å². The largest absolute Gasteiger partial charge is 0.350 e.